The Hall–Kier alpha value is -2.57. The molecule has 2 heterocycles. The standard InChI is InChI=1S/C23H24FN3OS/c24-20-9-7-19(8-10-20)21-17-29-22(25-21)16-26-12-14-27(15-13-26)23(28)11-6-18-4-2-1-3-5-18/h1-5,7-10,17H,6,11-16H2. The van der Waals surface area contributed by atoms with Crippen molar-refractivity contribution in [2.24, 2.45) is 0 Å². The molecule has 0 unspecified atom stereocenters. The maximum absolute atomic E-state index is 13.1. The Morgan fingerprint density at radius 2 is 1.72 bits per heavy atom. The highest BCUT2D eigenvalue weighted by Crippen LogP contribution is 2.23. The summed E-state index contributed by atoms with van der Waals surface area (Å²) in [5.74, 6) is 0.00161. The minimum Gasteiger partial charge on any atom is -0.340 e. The summed E-state index contributed by atoms with van der Waals surface area (Å²) < 4.78 is 13.1. The third-order valence-corrected chi connectivity index (χ3v) is 6.08. The zero-order valence-electron chi connectivity index (χ0n) is 16.3. The van der Waals surface area contributed by atoms with Crippen molar-refractivity contribution in [1.29, 1.82) is 0 Å². The Kier molecular flexibility index (Phi) is 6.32. The highest BCUT2D eigenvalue weighted by Gasteiger charge is 2.21. The molecule has 1 fully saturated rings. The molecule has 0 spiro atoms. The van der Waals surface area contributed by atoms with Gasteiger partial charge in [-0.3, -0.25) is 9.69 Å². The molecule has 0 N–H and O–H groups in total. The number of nitrogens with zero attached hydrogens (tertiary/aromatic N) is 3. The summed E-state index contributed by atoms with van der Waals surface area (Å²) in [6.45, 7) is 4.05. The lowest BCUT2D eigenvalue weighted by Crippen LogP contribution is -2.48. The summed E-state index contributed by atoms with van der Waals surface area (Å²) in [6, 6.07) is 16.6. The van der Waals surface area contributed by atoms with Gasteiger partial charge in [0.05, 0.1) is 12.2 Å². The van der Waals surface area contributed by atoms with E-state index in [1.165, 1.54) is 17.7 Å². The van der Waals surface area contributed by atoms with Gasteiger partial charge in [-0.1, -0.05) is 30.3 Å². The number of carbonyl (C=O) groups excluding carboxylic acids is 1. The van der Waals surface area contributed by atoms with Gasteiger partial charge in [0.2, 0.25) is 5.91 Å². The predicted molar refractivity (Wildman–Crippen MR) is 114 cm³/mol. The van der Waals surface area contributed by atoms with Crippen LogP contribution in [-0.4, -0.2) is 46.9 Å². The van der Waals surface area contributed by atoms with Crippen molar-refractivity contribution in [1.82, 2.24) is 14.8 Å². The van der Waals surface area contributed by atoms with E-state index in [9.17, 15) is 9.18 Å². The number of aromatic nitrogens is 1. The van der Waals surface area contributed by atoms with Crippen molar-refractivity contribution in [2.75, 3.05) is 26.2 Å². The molecule has 1 saturated heterocycles. The summed E-state index contributed by atoms with van der Waals surface area (Å²) in [5, 5.41) is 3.07. The Balaban J connectivity index is 1.25. The van der Waals surface area contributed by atoms with E-state index in [2.05, 4.69) is 17.0 Å². The number of carbonyl (C=O) groups is 1. The minimum atomic E-state index is -0.236. The van der Waals surface area contributed by atoms with Gasteiger partial charge in [0, 0.05) is 43.5 Å². The molecule has 1 aliphatic rings. The quantitative estimate of drug-likeness (QED) is 0.611. The van der Waals surface area contributed by atoms with Gasteiger partial charge in [-0.25, -0.2) is 9.37 Å². The van der Waals surface area contributed by atoms with Gasteiger partial charge in [0.25, 0.3) is 0 Å². The normalized spacial score (nSPS) is 14.9. The van der Waals surface area contributed by atoms with E-state index in [-0.39, 0.29) is 11.7 Å². The highest BCUT2D eigenvalue weighted by molar-refractivity contribution is 7.09. The molecule has 6 heteroatoms. The number of amides is 1. The molecule has 0 saturated carbocycles. The molecular weight excluding hydrogens is 385 g/mol. The Labute approximate surface area is 174 Å². The number of rotatable bonds is 6. The molecule has 150 valence electrons. The van der Waals surface area contributed by atoms with Gasteiger partial charge >= 0.3 is 0 Å². The van der Waals surface area contributed by atoms with Crippen molar-refractivity contribution in [2.45, 2.75) is 19.4 Å². The molecular formula is C23H24FN3OS. The second-order valence-electron chi connectivity index (χ2n) is 7.28. The first-order valence-electron chi connectivity index (χ1n) is 9.92. The zero-order chi connectivity index (χ0) is 20.1. The second kappa shape index (κ2) is 9.29. The number of hydrogen-bond acceptors (Lipinski definition) is 4. The van der Waals surface area contributed by atoms with Crippen LogP contribution in [0.2, 0.25) is 0 Å². The average molecular weight is 410 g/mol. The van der Waals surface area contributed by atoms with Crippen molar-refractivity contribution < 1.29 is 9.18 Å². The molecule has 0 bridgehead atoms. The molecule has 1 amide bonds. The van der Waals surface area contributed by atoms with Gasteiger partial charge in [-0.05, 0) is 36.2 Å². The van der Waals surface area contributed by atoms with Crippen LogP contribution in [-0.2, 0) is 17.8 Å². The maximum Gasteiger partial charge on any atom is 0.222 e. The van der Waals surface area contributed by atoms with Crippen molar-refractivity contribution in [3.63, 3.8) is 0 Å². The number of benzene rings is 2. The summed E-state index contributed by atoms with van der Waals surface area (Å²) >= 11 is 1.63. The van der Waals surface area contributed by atoms with E-state index >= 15 is 0 Å². The van der Waals surface area contributed by atoms with Gasteiger partial charge in [0.15, 0.2) is 0 Å². The molecule has 1 aliphatic heterocycles. The molecule has 0 atom stereocenters. The molecule has 1 aromatic heterocycles. The van der Waals surface area contributed by atoms with E-state index in [0.29, 0.717) is 6.42 Å². The van der Waals surface area contributed by atoms with Crippen LogP contribution in [0.25, 0.3) is 11.3 Å². The summed E-state index contributed by atoms with van der Waals surface area (Å²) in [7, 11) is 0. The first-order chi connectivity index (χ1) is 14.2. The maximum atomic E-state index is 13.1. The average Bonchev–Trinajstić information content (AvgIpc) is 3.22. The van der Waals surface area contributed by atoms with Gasteiger partial charge < -0.3 is 4.90 Å². The Bertz CT molecular complexity index is 934. The topological polar surface area (TPSA) is 36.4 Å². The predicted octanol–water partition coefficient (Wildman–Crippen LogP) is 4.23. The molecule has 3 aromatic rings. The monoisotopic (exact) mass is 409 g/mol. The fourth-order valence-electron chi connectivity index (χ4n) is 3.54. The van der Waals surface area contributed by atoms with Crippen LogP contribution >= 0.6 is 11.3 Å². The molecule has 0 radical (unpaired) electrons. The Morgan fingerprint density at radius 3 is 2.45 bits per heavy atom. The number of halogens is 1. The lowest BCUT2D eigenvalue weighted by atomic mass is 10.1. The van der Waals surface area contributed by atoms with E-state index in [0.717, 1.165) is 55.4 Å². The third kappa shape index (κ3) is 5.28. The lowest BCUT2D eigenvalue weighted by Gasteiger charge is -2.34. The largest absolute Gasteiger partial charge is 0.340 e. The number of aryl methyl sites for hydroxylation is 1. The number of piperazine rings is 1. The van der Waals surface area contributed by atoms with E-state index in [4.69, 9.17) is 4.98 Å². The first-order valence-corrected chi connectivity index (χ1v) is 10.8. The molecule has 0 aliphatic carbocycles. The zero-order valence-corrected chi connectivity index (χ0v) is 17.1. The van der Waals surface area contributed by atoms with E-state index in [1.54, 1.807) is 23.5 Å². The van der Waals surface area contributed by atoms with Gasteiger partial charge in [-0.2, -0.15) is 0 Å². The highest BCUT2D eigenvalue weighted by atomic mass is 32.1. The van der Waals surface area contributed by atoms with Crippen molar-refractivity contribution in [3.05, 3.63) is 76.4 Å². The van der Waals surface area contributed by atoms with Gasteiger partial charge in [-0.15, -0.1) is 11.3 Å². The van der Waals surface area contributed by atoms with Gasteiger partial charge in [0.1, 0.15) is 10.8 Å². The number of hydrogen-bond donors (Lipinski definition) is 0. The van der Waals surface area contributed by atoms with Crippen LogP contribution in [0, 0.1) is 5.82 Å². The Morgan fingerprint density at radius 1 is 1.00 bits per heavy atom. The molecule has 2 aromatic carbocycles. The van der Waals surface area contributed by atoms with E-state index < -0.39 is 0 Å². The molecule has 4 nitrogen and oxygen atoms in total. The van der Waals surface area contributed by atoms with Crippen LogP contribution in [0.15, 0.2) is 60.0 Å². The van der Waals surface area contributed by atoms with Crippen molar-refractivity contribution in [3.8, 4) is 11.3 Å². The minimum absolute atomic E-state index is 0.236. The van der Waals surface area contributed by atoms with Crippen LogP contribution in [0.4, 0.5) is 4.39 Å². The van der Waals surface area contributed by atoms with Crippen molar-refractivity contribution >= 4 is 17.2 Å². The second-order valence-corrected chi connectivity index (χ2v) is 8.22. The fourth-order valence-corrected chi connectivity index (χ4v) is 4.38. The van der Waals surface area contributed by atoms with Crippen LogP contribution in [0.5, 0.6) is 0 Å². The van der Waals surface area contributed by atoms with E-state index in [1.807, 2.05) is 28.5 Å². The summed E-state index contributed by atoms with van der Waals surface area (Å²) in [6.07, 6.45) is 1.36. The molecule has 4 rings (SSSR count). The fraction of sp³-hybridized carbons (Fsp3) is 0.304. The molecule has 29 heavy (non-hydrogen) atoms. The van der Waals surface area contributed by atoms with Crippen LogP contribution in [0.1, 0.15) is 17.0 Å². The first kappa shape index (κ1) is 19.7. The smallest absolute Gasteiger partial charge is 0.222 e. The number of thiazole rings is 1. The lowest BCUT2D eigenvalue weighted by molar-refractivity contribution is -0.133. The third-order valence-electron chi connectivity index (χ3n) is 5.25. The van der Waals surface area contributed by atoms with Crippen LogP contribution in [0.3, 0.4) is 0 Å². The SMILES string of the molecule is O=C(CCc1ccccc1)N1CCN(Cc2nc(-c3ccc(F)cc3)cs2)CC1. The summed E-state index contributed by atoms with van der Waals surface area (Å²) in [4.78, 5) is 21.5. The van der Waals surface area contributed by atoms with Crippen LogP contribution < -0.4 is 0 Å². The summed E-state index contributed by atoms with van der Waals surface area (Å²) in [5.41, 5.74) is 3.03.